The van der Waals surface area contributed by atoms with Crippen LogP contribution in [0.15, 0.2) is 11.1 Å². The number of hydrogen-bond acceptors (Lipinski definition) is 5. The fourth-order valence-corrected chi connectivity index (χ4v) is 2.32. The second-order valence-electron chi connectivity index (χ2n) is 3.15. The number of nitrogens with zero attached hydrogens (tertiary/aromatic N) is 1. The van der Waals surface area contributed by atoms with Gasteiger partial charge in [0.2, 0.25) is 5.88 Å². The molecule has 0 saturated carbocycles. The van der Waals surface area contributed by atoms with Crippen LogP contribution >= 0.6 is 22.5 Å². The van der Waals surface area contributed by atoms with E-state index in [1.807, 2.05) is 0 Å². The van der Waals surface area contributed by atoms with E-state index >= 15 is 0 Å². The molecule has 2 heterocycles. The molecule has 0 saturated heterocycles. The molecule has 1 aliphatic rings. The minimum Gasteiger partial charge on any atom is -0.476 e. The van der Waals surface area contributed by atoms with Gasteiger partial charge in [-0.1, -0.05) is 10.8 Å². The first-order valence-electron chi connectivity index (χ1n) is 4.50. The molecule has 0 aliphatic carbocycles. The lowest BCUT2D eigenvalue weighted by Crippen LogP contribution is -2.01. The number of pyridine rings is 1. The van der Waals surface area contributed by atoms with E-state index in [0.717, 1.165) is 35.7 Å². The van der Waals surface area contributed by atoms with Crippen LogP contribution in [0.1, 0.15) is 12.0 Å². The molecule has 3 nitrogen and oxygen atoms in total. The lowest BCUT2D eigenvalue weighted by atomic mass is 10.2. The van der Waals surface area contributed by atoms with Crippen molar-refractivity contribution in [1.82, 2.24) is 4.98 Å². The second kappa shape index (κ2) is 4.31. The minimum atomic E-state index is 0.714. The number of thiol groups is 1. The zero-order valence-corrected chi connectivity index (χ0v) is 9.62. The number of fused-ring (bicyclic) bond motifs is 1. The molecule has 14 heavy (non-hydrogen) atoms. The van der Waals surface area contributed by atoms with Crippen LogP contribution in [0.3, 0.4) is 0 Å². The molecule has 0 aromatic carbocycles. The van der Waals surface area contributed by atoms with E-state index in [2.05, 4.69) is 28.9 Å². The summed E-state index contributed by atoms with van der Waals surface area (Å²) in [7, 11) is 1.41. The summed E-state index contributed by atoms with van der Waals surface area (Å²) in [6.07, 6.45) is 2.82. The maximum atomic E-state index is 5.52. The fraction of sp³-hybridized carbons (Fsp3) is 0.444. The van der Waals surface area contributed by atoms with Gasteiger partial charge in [-0.25, -0.2) is 4.98 Å². The molecule has 2 rings (SSSR count). The van der Waals surface area contributed by atoms with Crippen molar-refractivity contribution < 1.29 is 4.74 Å². The molecular weight excluding hydrogens is 216 g/mol. The van der Waals surface area contributed by atoms with E-state index in [-0.39, 0.29) is 0 Å². The Morgan fingerprint density at radius 3 is 3.29 bits per heavy atom. The topological polar surface area (TPSA) is 34.2 Å². The zero-order valence-electron chi connectivity index (χ0n) is 7.91. The van der Waals surface area contributed by atoms with Crippen molar-refractivity contribution in [3.05, 3.63) is 11.8 Å². The molecule has 1 aromatic heterocycles. The lowest BCUT2D eigenvalue weighted by Gasteiger charge is -2.11. The Hall–Kier alpha value is -0.550. The predicted molar refractivity (Wildman–Crippen MR) is 62.4 cm³/mol. The number of rotatable bonds is 1. The van der Waals surface area contributed by atoms with Gasteiger partial charge >= 0.3 is 0 Å². The Kier molecular flexibility index (Phi) is 3.08. The Morgan fingerprint density at radius 1 is 1.64 bits per heavy atom. The summed E-state index contributed by atoms with van der Waals surface area (Å²) >= 11 is 4.18. The highest BCUT2D eigenvalue weighted by molar-refractivity contribution is 8.68. The van der Waals surface area contributed by atoms with E-state index < -0.39 is 0 Å². The van der Waals surface area contributed by atoms with Gasteiger partial charge in [0.05, 0.1) is 6.61 Å². The number of aromatic nitrogens is 1. The first-order valence-corrected chi connectivity index (χ1v) is 6.37. The molecule has 0 radical (unpaired) electrons. The van der Waals surface area contributed by atoms with E-state index in [4.69, 9.17) is 4.74 Å². The predicted octanol–water partition coefficient (Wildman–Crippen LogP) is 2.52. The highest BCUT2D eigenvalue weighted by Crippen LogP contribution is 2.35. The van der Waals surface area contributed by atoms with Gasteiger partial charge < -0.3 is 10.1 Å². The average molecular weight is 228 g/mol. The fourth-order valence-electron chi connectivity index (χ4n) is 1.43. The smallest absolute Gasteiger partial charge is 0.237 e. The molecule has 76 valence electrons. The summed E-state index contributed by atoms with van der Waals surface area (Å²) in [6, 6.07) is 0. The Labute approximate surface area is 92.4 Å². The lowest BCUT2D eigenvalue weighted by molar-refractivity contribution is 0.310. The molecule has 1 aliphatic heterocycles. The van der Waals surface area contributed by atoms with Crippen LogP contribution in [-0.2, 0) is 0 Å². The first kappa shape index (κ1) is 9.98. The van der Waals surface area contributed by atoms with Crippen LogP contribution in [-0.4, -0.2) is 18.1 Å². The number of anilines is 1. The Balaban J connectivity index is 2.44. The van der Waals surface area contributed by atoms with Crippen LogP contribution in [0.2, 0.25) is 0 Å². The Bertz CT molecular complexity index is 344. The minimum absolute atomic E-state index is 0.714. The summed E-state index contributed by atoms with van der Waals surface area (Å²) in [5.41, 5.74) is 2.18. The molecule has 0 unspecified atom stereocenters. The summed E-state index contributed by atoms with van der Waals surface area (Å²) in [4.78, 5) is 5.33. The maximum absolute atomic E-state index is 5.52. The van der Waals surface area contributed by atoms with Crippen LogP contribution in [0.5, 0.6) is 5.88 Å². The van der Waals surface area contributed by atoms with Gasteiger partial charge in [-0.2, -0.15) is 0 Å². The maximum Gasteiger partial charge on any atom is 0.237 e. The van der Waals surface area contributed by atoms with E-state index in [1.54, 1.807) is 6.20 Å². The summed E-state index contributed by atoms with van der Waals surface area (Å²) in [5.74, 6) is 0.714. The van der Waals surface area contributed by atoms with Crippen molar-refractivity contribution >= 4 is 28.1 Å². The first-order chi connectivity index (χ1) is 6.83. The number of nitrogens with one attached hydrogen (secondary N) is 1. The molecule has 1 aromatic rings. The molecule has 0 amide bonds. The molecular formula is C9H12N2OS2. The summed E-state index contributed by atoms with van der Waals surface area (Å²) in [5, 5.41) is 3.33. The van der Waals surface area contributed by atoms with Crippen LogP contribution in [0.25, 0.3) is 0 Å². The van der Waals surface area contributed by atoms with Gasteiger partial charge in [0.15, 0.2) is 0 Å². The van der Waals surface area contributed by atoms with Crippen molar-refractivity contribution in [2.75, 3.05) is 18.5 Å². The van der Waals surface area contributed by atoms with Gasteiger partial charge in [-0.05, 0) is 18.9 Å². The van der Waals surface area contributed by atoms with Crippen molar-refractivity contribution in [3.63, 3.8) is 0 Å². The molecule has 1 N–H and O–H groups in total. The van der Waals surface area contributed by atoms with Gasteiger partial charge in [-0.3, -0.25) is 0 Å². The van der Waals surface area contributed by atoms with E-state index in [1.165, 1.54) is 10.8 Å². The third kappa shape index (κ3) is 1.79. The zero-order chi connectivity index (χ0) is 9.97. The largest absolute Gasteiger partial charge is 0.476 e. The van der Waals surface area contributed by atoms with Crippen molar-refractivity contribution in [1.29, 1.82) is 0 Å². The monoisotopic (exact) mass is 228 g/mol. The third-order valence-corrected chi connectivity index (χ3v) is 3.42. The van der Waals surface area contributed by atoms with Crippen molar-refractivity contribution in [2.24, 2.45) is 0 Å². The quantitative estimate of drug-likeness (QED) is 0.572. The SMILES string of the molecule is Cc1c(SS)cnc2c1NCCCO2. The van der Waals surface area contributed by atoms with E-state index in [9.17, 15) is 0 Å². The molecule has 0 atom stereocenters. The van der Waals surface area contributed by atoms with Gasteiger partial charge in [0.1, 0.15) is 5.69 Å². The van der Waals surface area contributed by atoms with Crippen molar-refractivity contribution in [2.45, 2.75) is 18.2 Å². The molecule has 0 fully saturated rings. The van der Waals surface area contributed by atoms with Crippen molar-refractivity contribution in [3.8, 4) is 5.88 Å². The van der Waals surface area contributed by atoms with E-state index in [0.29, 0.717) is 5.88 Å². The van der Waals surface area contributed by atoms with Crippen LogP contribution in [0, 0.1) is 6.92 Å². The third-order valence-electron chi connectivity index (χ3n) is 2.22. The average Bonchev–Trinajstić information content (AvgIpc) is 2.44. The van der Waals surface area contributed by atoms with Gasteiger partial charge in [-0.15, -0.1) is 11.7 Å². The summed E-state index contributed by atoms with van der Waals surface area (Å²) in [6.45, 7) is 3.73. The second-order valence-corrected chi connectivity index (χ2v) is 4.32. The number of hydrogen-bond donors (Lipinski definition) is 2. The van der Waals surface area contributed by atoms with Gasteiger partial charge in [0, 0.05) is 17.6 Å². The normalized spacial score (nSPS) is 15.0. The molecule has 5 heteroatoms. The molecule has 0 bridgehead atoms. The summed E-state index contributed by atoms with van der Waals surface area (Å²) < 4.78 is 5.52. The highest BCUT2D eigenvalue weighted by atomic mass is 33.1. The molecule has 0 spiro atoms. The highest BCUT2D eigenvalue weighted by Gasteiger charge is 2.14. The van der Waals surface area contributed by atoms with Crippen LogP contribution < -0.4 is 10.1 Å². The van der Waals surface area contributed by atoms with Gasteiger partial charge in [0.25, 0.3) is 0 Å². The standard InChI is InChI=1S/C9H12N2OS2/c1-6-7(14-13)5-11-9-8(6)10-3-2-4-12-9/h5,10,13H,2-4H2,1H3. The van der Waals surface area contributed by atoms with Crippen LogP contribution in [0.4, 0.5) is 5.69 Å². The number of ether oxygens (including phenoxy) is 1. The Morgan fingerprint density at radius 2 is 2.50 bits per heavy atom.